The maximum Gasteiger partial charge on any atom is 0.227 e. The number of amides is 1. The molecule has 0 aliphatic heterocycles. The van der Waals surface area contributed by atoms with Crippen LogP contribution in [0.25, 0.3) is 10.2 Å². The number of nitrogens with zero attached hydrogens (tertiary/aromatic N) is 3. The van der Waals surface area contributed by atoms with Gasteiger partial charge in [0.15, 0.2) is 10.2 Å². The van der Waals surface area contributed by atoms with Gasteiger partial charge in [0.1, 0.15) is 17.3 Å². The Kier molecular flexibility index (Phi) is 5.81. The summed E-state index contributed by atoms with van der Waals surface area (Å²) in [5.74, 6) is -0.942. The van der Waals surface area contributed by atoms with Gasteiger partial charge in [0.2, 0.25) is 11.8 Å². The molecule has 0 atom stereocenters. The van der Waals surface area contributed by atoms with Gasteiger partial charge < -0.3 is 9.84 Å². The van der Waals surface area contributed by atoms with Gasteiger partial charge in [-0.1, -0.05) is 35.1 Å². The molecule has 6 nitrogen and oxygen atoms in total. The van der Waals surface area contributed by atoms with Gasteiger partial charge in [0.05, 0.1) is 16.0 Å². The summed E-state index contributed by atoms with van der Waals surface area (Å²) in [4.78, 5) is 20.7. The third-order valence-electron chi connectivity index (χ3n) is 3.90. The van der Waals surface area contributed by atoms with E-state index in [1.54, 1.807) is 11.3 Å². The monoisotopic (exact) mass is 432 g/mol. The van der Waals surface area contributed by atoms with Crippen LogP contribution in [-0.2, 0) is 17.0 Å². The fraction of sp³-hybridized carbons (Fsp3) is 0.158. The van der Waals surface area contributed by atoms with Gasteiger partial charge in [-0.2, -0.15) is 4.98 Å². The van der Waals surface area contributed by atoms with E-state index < -0.39 is 23.2 Å². The quantitative estimate of drug-likeness (QED) is 0.422. The summed E-state index contributed by atoms with van der Waals surface area (Å²) >= 11 is 3.09. The van der Waals surface area contributed by atoms with Crippen molar-refractivity contribution in [2.24, 2.45) is 0 Å². The molecule has 0 saturated heterocycles. The Hall–Kier alpha value is -2.85. The lowest BCUT2D eigenvalue weighted by Crippen LogP contribution is -2.14. The molecule has 29 heavy (non-hydrogen) atoms. The van der Waals surface area contributed by atoms with Crippen LogP contribution >= 0.6 is 23.1 Å². The highest BCUT2D eigenvalue weighted by atomic mass is 32.2. The molecule has 4 aromatic rings. The maximum absolute atomic E-state index is 13.6. The Morgan fingerprint density at radius 1 is 1.10 bits per heavy atom. The highest BCUT2D eigenvalue weighted by Crippen LogP contribution is 2.30. The lowest BCUT2D eigenvalue weighted by molar-refractivity contribution is -0.116. The number of aromatic nitrogens is 3. The number of halogens is 2. The molecule has 0 radical (unpaired) electrons. The average molecular weight is 432 g/mol. The molecule has 2 aromatic carbocycles. The van der Waals surface area contributed by atoms with Crippen LogP contribution in [0.15, 0.2) is 51.3 Å². The fourth-order valence-electron chi connectivity index (χ4n) is 2.53. The number of thiazole rings is 1. The smallest absolute Gasteiger partial charge is 0.227 e. The van der Waals surface area contributed by atoms with E-state index in [9.17, 15) is 13.6 Å². The molecule has 2 aromatic heterocycles. The number of thioether (sulfide) groups is 1. The van der Waals surface area contributed by atoms with Crippen LogP contribution < -0.4 is 5.32 Å². The van der Waals surface area contributed by atoms with E-state index in [2.05, 4.69) is 20.4 Å². The van der Waals surface area contributed by atoms with Crippen molar-refractivity contribution in [2.75, 3.05) is 5.32 Å². The van der Waals surface area contributed by atoms with E-state index in [-0.39, 0.29) is 18.7 Å². The molecule has 0 bridgehead atoms. The number of carbonyl (C=O) groups is 1. The van der Waals surface area contributed by atoms with Gasteiger partial charge in [-0.05, 0) is 24.3 Å². The van der Waals surface area contributed by atoms with Gasteiger partial charge in [-0.25, -0.2) is 13.8 Å². The van der Waals surface area contributed by atoms with Crippen LogP contribution in [0.1, 0.15) is 18.1 Å². The summed E-state index contributed by atoms with van der Waals surface area (Å²) in [5, 5.41) is 6.12. The molecular formula is C19H14F2N4O2S2. The Morgan fingerprint density at radius 3 is 2.69 bits per heavy atom. The first-order valence-corrected chi connectivity index (χ1v) is 10.4. The molecule has 1 N–H and O–H groups in total. The molecule has 4 rings (SSSR count). The van der Waals surface area contributed by atoms with E-state index in [0.29, 0.717) is 11.6 Å². The zero-order chi connectivity index (χ0) is 20.2. The number of rotatable bonds is 7. The summed E-state index contributed by atoms with van der Waals surface area (Å²) < 4.78 is 34.3. The first kappa shape index (κ1) is 19.5. The summed E-state index contributed by atoms with van der Waals surface area (Å²) in [5.41, 5.74) is 0.488. The minimum atomic E-state index is -0.828. The molecule has 0 aliphatic carbocycles. The molecule has 148 valence electrons. The van der Waals surface area contributed by atoms with E-state index in [4.69, 9.17) is 4.52 Å². The van der Waals surface area contributed by atoms with Crippen LogP contribution in [0.4, 0.5) is 14.5 Å². The molecule has 0 fully saturated rings. The second-order valence-corrected chi connectivity index (χ2v) is 8.24. The number of hydrogen-bond donors (Lipinski definition) is 1. The van der Waals surface area contributed by atoms with Crippen molar-refractivity contribution in [1.29, 1.82) is 0 Å². The number of carbonyl (C=O) groups excluding carboxylic acids is 1. The lowest BCUT2D eigenvalue weighted by Gasteiger charge is -2.06. The highest BCUT2D eigenvalue weighted by Gasteiger charge is 2.14. The summed E-state index contributed by atoms with van der Waals surface area (Å²) in [6, 6.07) is 11.3. The number of aryl methyl sites for hydroxylation is 1. The second-order valence-electron chi connectivity index (χ2n) is 5.99. The topological polar surface area (TPSA) is 80.9 Å². The predicted molar refractivity (Wildman–Crippen MR) is 107 cm³/mol. The van der Waals surface area contributed by atoms with Crippen molar-refractivity contribution in [3.05, 3.63) is 65.8 Å². The standard InChI is InChI=1S/C19H14F2N4O2S2/c20-11-4-3-5-12(21)18(11)24-16(26)8-9-17-23-15(25-27-17)10-28-19-22-13-6-1-2-7-14(13)29-19/h1-7H,8-10H2,(H,24,26). The number of para-hydroxylation sites is 2. The largest absolute Gasteiger partial charge is 0.339 e. The lowest BCUT2D eigenvalue weighted by atomic mass is 10.2. The van der Waals surface area contributed by atoms with Crippen molar-refractivity contribution in [2.45, 2.75) is 22.9 Å². The maximum atomic E-state index is 13.6. The number of anilines is 1. The number of benzene rings is 2. The molecule has 1 amide bonds. The SMILES string of the molecule is O=C(CCc1nc(CSc2nc3ccccc3s2)no1)Nc1c(F)cccc1F. The Morgan fingerprint density at radius 2 is 1.90 bits per heavy atom. The minimum absolute atomic E-state index is 0.0412. The zero-order valence-corrected chi connectivity index (χ0v) is 16.5. The summed E-state index contributed by atoms with van der Waals surface area (Å²) in [6.07, 6.45) is 0.126. The van der Waals surface area contributed by atoms with Gasteiger partial charge in [-0.3, -0.25) is 4.79 Å². The van der Waals surface area contributed by atoms with E-state index in [0.717, 1.165) is 26.7 Å². The van der Waals surface area contributed by atoms with Crippen LogP contribution in [0.2, 0.25) is 0 Å². The van der Waals surface area contributed by atoms with Crippen LogP contribution in [-0.4, -0.2) is 21.0 Å². The van der Waals surface area contributed by atoms with Crippen molar-refractivity contribution in [1.82, 2.24) is 15.1 Å². The van der Waals surface area contributed by atoms with Crippen molar-refractivity contribution in [3.63, 3.8) is 0 Å². The van der Waals surface area contributed by atoms with Gasteiger partial charge >= 0.3 is 0 Å². The molecule has 2 heterocycles. The molecule has 0 unspecified atom stereocenters. The molecule has 0 aliphatic rings. The minimum Gasteiger partial charge on any atom is -0.339 e. The summed E-state index contributed by atoms with van der Waals surface area (Å²) in [7, 11) is 0. The highest BCUT2D eigenvalue weighted by molar-refractivity contribution is 8.00. The average Bonchev–Trinajstić information content (AvgIpc) is 3.34. The normalized spacial score (nSPS) is 11.1. The predicted octanol–water partition coefficient (Wildman–Crippen LogP) is 4.82. The third kappa shape index (κ3) is 4.77. The van der Waals surface area contributed by atoms with Gasteiger partial charge in [-0.15, -0.1) is 11.3 Å². The van der Waals surface area contributed by atoms with Crippen LogP contribution in [0, 0.1) is 11.6 Å². The summed E-state index contributed by atoms with van der Waals surface area (Å²) in [6.45, 7) is 0. The second kappa shape index (κ2) is 8.66. The number of nitrogens with one attached hydrogen (secondary N) is 1. The van der Waals surface area contributed by atoms with Crippen molar-refractivity contribution >= 4 is 44.9 Å². The number of fused-ring (bicyclic) bond motifs is 1. The van der Waals surface area contributed by atoms with Crippen molar-refractivity contribution < 1.29 is 18.1 Å². The molecule has 10 heteroatoms. The van der Waals surface area contributed by atoms with Crippen LogP contribution in [0.5, 0.6) is 0 Å². The number of hydrogen-bond acceptors (Lipinski definition) is 7. The molecule has 0 saturated carbocycles. The Labute approximate surface area is 172 Å². The van der Waals surface area contributed by atoms with E-state index in [1.807, 2.05) is 24.3 Å². The van der Waals surface area contributed by atoms with E-state index >= 15 is 0 Å². The van der Waals surface area contributed by atoms with Crippen LogP contribution in [0.3, 0.4) is 0 Å². The zero-order valence-electron chi connectivity index (χ0n) is 14.9. The third-order valence-corrected chi connectivity index (χ3v) is 6.08. The molecule has 0 spiro atoms. The Bertz CT molecular complexity index is 1110. The van der Waals surface area contributed by atoms with Gasteiger partial charge in [0.25, 0.3) is 0 Å². The van der Waals surface area contributed by atoms with Crippen molar-refractivity contribution in [3.8, 4) is 0 Å². The first-order chi connectivity index (χ1) is 14.1. The van der Waals surface area contributed by atoms with Gasteiger partial charge in [0, 0.05) is 12.8 Å². The molecular weight excluding hydrogens is 418 g/mol. The Balaban J connectivity index is 1.29. The first-order valence-electron chi connectivity index (χ1n) is 8.62. The van der Waals surface area contributed by atoms with E-state index in [1.165, 1.54) is 17.8 Å². The fourth-order valence-corrected chi connectivity index (χ4v) is 4.44.